The van der Waals surface area contributed by atoms with Crippen LogP contribution in [0.2, 0.25) is 0 Å². The Kier molecular flexibility index (Phi) is 3.95. The van der Waals surface area contributed by atoms with Gasteiger partial charge in [0.2, 0.25) is 0 Å². The Hall–Kier alpha value is -1.25. The van der Waals surface area contributed by atoms with Crippen LogP contribution in [0.15, 0.2) is 30.3 Å². The molecule has 0 N–H and O–H groups in total. The molecule has 1 aromatic carbocycles. The lowest BCUT2D eigenvalue weighted by Crippen LogP contribution is -2.23. The first-order valence-electron chi connectivity index (χ1n) is 4.66. The number of benzene rings is 1. The molecular weight excluding hydrogens is 198 g/mol. The smallest absolute Gasteiger partial charge is 0.252 e. The fourth-order valence-electron chi connectivity index (χ4n) is 1.36. The van der Waals surface area contributed by atoms with Crippen LogP contribution in [-0.4, -0.2) is 12.2 Å². The van der Waals surface area contributed by atoms with Gasteiger partial charge in [0.05, 0.1) is 0 Å². The number of carbonyl (C=O) groups excluding carboxylic acids is 1. The van der Waals surface area contributed by atoms with Crippen molar-refractivity contribution in [3.05, 3.63) is 42.8 Å². The summed E-state index contributed by atoms with van der Waals surface area (Å²) < 4.78 is 26.6. The summed E-state index contributed by atoms with van der Waals surface area (Å²) >= 11 is 0. The summed E-state index contributed by atoms with van der Waals surface area (Å²) in [5.41, 5.74) is 0.542. The minimum atomic E-state index is -2.93. The molecule has 0 unspecified atom stereocenters. The quantitative estimate of drug-likeness (QED) is 0.683. The van der Waals surface area contributed by atoms with Crippen LogP contribution in [-0.2, 0) is 11.2 Å². The number of carbonyl (C=O) groups is 1. The van der Waals surface area contributed by atoms with Crippen LogP contribution < -0.4 is 0 Å². The van der Waals surface area contributed by atoms with E-state index in [2.05, 4.69) is 0 Å². The molecule has 3 heteroatoms. The van der Waals surface area contributed by atoms with Gasteiger partial charge >= 0.3 is 0 Å². The molecule has 0 spiro atoms. The van der Waals surface area contributed by atoms with Crippen LogP contribution in [0.3, 0.4) is 0 Å². The lowest BCUT2D eigenvalue weighted by Gasteiger charge is -2.17. The molecule has 1 aromatic rings. The third kappa shape index (κ3) is 4.19. The summed E-state index contributed by atoms with van der Waals surface area (Å²) in [5, 5.41) is 0. The van der Waals surface area contributed by atoms with Gasteiger partial charge in [0.25, 0.3) is 5.92 Å². The Morgan fingerprint density at radius 1 is 1.33 bits per heavy atom. The van der Waals surface area contributed by atoms with E-state index in [0.29, 0.717) is 11.8 Å². The van der Waals surface area contributed by atoms with Crippen LogP contribution in [0.1, 0.15) is 12.0 Å². The van der Waals surface area contributed by atoms with Crippen molar-refractivity contribution < 1.29 is 13.6 Å². The van der Waals surface area contributed by atoms with Crippen LogP contribution >= 0.6 is 0 Å². The molecule has 0 aliphatic heterocycles. The summed E-state index contributed by atoms with van der Waals surface area (Å²) in [4.78, 5) is 10.2. The Labute approximate surface area is 88.1 Å². The van der Waals surface area contributed by atoms with Gasteiger partial charge in [0.1, 0.15) is 6.29 Å². The monoisotopic (exact) mass is 210 g/mol. The molecule has 0 saturated carbocycles. The van der Waals surface area contributed by atoms with Gasteiger partial charge in [-0.15, -0.1) is 0 Å². The first kappa shape index (κ1) is 11.8. The fourth-order valence-corrected chi connectivity index (χ4v) is 1.36. The molecule has 0 aromatic heterocycles. The highest BCUT2D eigenvalue weighted by Gasteiger charge is 2.31. The van der Waals surface area contributed by atoms with E-state index in [1.54, 1.807) is 30.3 Å². The highest BCUT2D eigenvalue weighted by molar-refractivity contribution is 5.54. The van der Waals surface area contributed by atoms with E-state index in [4.69, 9.17) is 6.92 Å². The second-order valence-corrected chi connectivity index (χ2v) is 3.52. The molecule has 0 fully saturated rings. The minimum absolute atomic E-state index is 0.346. The highest BCUT2D eigenvalue weighted by Crippen LogP contribution is 2.26. The second-order valence-electron chi connectivity index (χ2n) is 3.52. The highest BCUT2D eigenvalue weighted by atomic mass is 19.3. The van der Waals surface area contributed by atoms with Gasteiger partial charge in [0.15, 0.2) is 0 Å². The maximum absolute atomic E-state index is 13.3. The number of alkyl halides is 2. The van der Waals surface area contributed by atoms with Gasteiger partial charge in [0, 0.05) is 18.8 Å². The Morgan fingerprint density at radius 3 is 2.47 bits per heavy atom. The maximum Gasteiger partial charge on any atom is 0.252 e. The molecule has 0 aliphatic rings. The van der Waals surface area contributed by atoms with E-state index < -0.39 is 18.3 Å². The molecular formula is C12H12F2O. The summed E-state index contributed by atoms with van der Waals surface area (Å²) in [6.45, 7) is 5.16. The molecule has 0 saturated heterocycles. The topological polar surface area (TPSA) is 17.1 Å². The van der Waals surface area contributed by atoms with Crippen molar-refractivity contribution in [1.82, 2.24) is 0 Å². The van der Waals surface area contributed by atoms with Gasteiger partial charge in [-0.25, -0.2) is 8.78 Å². The van der Waals surface area contributed by atoms with Crippen LogP contribution in [0, 0.1) is 12.8 Å². The van der Waals surface area contributed by atoms with Gasteiger partial charge in [-0.05, 0) is 12.5 Å². The van der Waals surface area contributed by atoms with Crippen molar-refractivity contribution in [3.63, 3.8) is 0 Å². The fraction of sp³-hybridized carbons (Fsp3) is 0.333. The number of aldehydes is 1. The van der Waals surface area contributed by atoms with Gasteiger partial charge in [-0.2, -0.15) is 0 Å². The van der Waals surface area contributed by atoms with Crippen molar-refractivity contribution in [2.75, 3.05) is 0 Å². The maximum atomic E-state index is 13.3. The molecule has 0 aliphatic carbocycles. The molecule has 2 radical (unpaired) electrons. The number of halogens is 2. The van der Waals surface area contributed by atoms with Gasteiger partial charge in [-0.3, -0.25) is 0 Å². The third-order valence-electron chi connectivity index (χ3n) is 2.01. The summed E-state index contributed by atoms with van der Waals surface area (Å²) in [5.74, 6) is -4.02. The minimum Gasteiger partial charge on any atom is -0.303 e. The lowest BCUT2D eigenvalue weighted by molar-refractivity contribution is -0.113. The average Bonchev–Trinajstić information content (AvgIpc) is 2.17. The van der Waals surface area contributed by atoms with E-state index in [-0.39, 0.29) is 6.42 Å². The van der Waals surface area contributed by atoms with E-state index in [0.717, 1.165) is 0 Å². The van der Waals surface area contributed by atoms with Crippen molar-refractivity contribution in [2.24, 2.45) is 5.92 Å². The van der Waals surface area contributed by atoms with Gasteiger partial charge in [-0.1, -0.05) is 30.3 Å². The Bertz CT molecular complexity index is 309. The van der Waals surface area contributed by atoms with Crippen LogP contribution in [0.5, 0.6) is 0 Å². The van der Waals surface area contributed by atoms with Crippen molar-refractivity contribution in [3.8, 4) is 0 Å². The number of rotatable bonds is 5. The molecule has 1 atom stereocenters. The molecule has 0 bridgehead atoms. The SMILES string of the molecule is [CH][C@H](C=O)CC(F)(F)Cc1ccccc1. The van der Waals surface area contributed by atoms with E-state index in [9.17, 15) is 13.6 Å². The summed E-state index contributed by atoms with van der Waals surface area (Å²) in [6, 6.07) is 8.41. The van der Waals surface area contributed by atoms with E-state index in [1.807, 2.05) is 0 Å². The zero-order valence-electron chi connectivity index (χ0n) is 8.20. The van der Waals surface area contributed by atoms with E-state index in [1.165, 1.54) is 0 Å². The Morgan fingerprint density at radius 2 is 1.93 bits per heavy atom. The van der Waals surface area contributed by atoms with Crippen molar-refractivity contribution >= 4 is 6.29 Å². The molecule has 1 rings (SSSR count). The van der Waals surface area contributed by atoms with Crippen LogP contribution in [0.4, 0.5) is 8.78 Å². The normalized spacial score (nSPS) is 13.5. The summed E-state index contributed by atoms with van der Waals surface area (Å²) in [6.07, 6.45) is -0.639. The predicted molar refractivity (Wildman–Crippen MR) is 53.6 cm³/mol. The first-order chi connectivity index (χ1) is 7.03. The summed E-state index contributed by atoms with van der Waals surface area (Å²) in [7, 11) is 0. The Balaban J connectivity index is 2.60. The third-order valence-corrected chi connectivity index (χ3v) is 2.01. The van der Waals surface area contributed by atoms with Gasteiger partial charge < -0.3 is 4.79 Å². The van der Waals surface area contributed by atoms with Crippen molar-refractivity contribution in [1.29, 1.82) is 0 Å². The zero-order chi connectivity index (χ0) is 11.3. The number of hydrogen-bond acceptors (Lipinski definition) is 1. The lowest BCUT2D eigenvalue weighted by atomic mass is 9.98. The average molecular weight is 210 g/mol. The van der Waals surface area contributed by atoms with Crippen molar-refractivity contribution in [2.45, 2.75) is 18.8 Å². The molecule has 1 nitrogen and oxygen atoms in total. The molecule has 15 heavy (non-hydrogen) atoms. The van der Waals surface area contributed by atoms with Crippen LogP contribution in [0.25, 0.3) is 0 Å². The van der Waals surface area contributed by atoms with E-state index >= 15 is 0 Å². The standard InChI is InChI=1S/C12H12F2O/c1-10(9-15)7-12(13,14)8-11-5-3-2-4-6-11/h1-6,9-10H,7-8H2/t10-/m0/s1. The first-order valence-corrected chi connectivity index (χ1v) is 4.66. The number of hydrogen-bond donors (Lipinski definition) is 0. The molecule has 0 amide bonds. The largest absolute Gasteiger partial charge is 0.303 e. The molecule has 80 valence electrons. The second kappa shape index (κ2) is 5.01. The predicted octanol–water partition coefficient (Wildman–Crippen LogP) is 2.78. The molecule has 0 heterocycles. The zero-order valence-corrected chi connectivity index (χ0v) is 8.20.